The lowest BCUT2D eigenvalue weighted by Crippen LogP contribution is -2.38. The van der Waals surface area contributed by atoms with Crippen LogP contribution >= 0.6 is 0 Å². The van der Waals surface area contributed by atoms with E-state index < -0.39 is 5.60 Å². The van der Waals surface area contributed by atoms with Gasteiger partial charge in [-0.05, 0) is 23.6 Å². The summed E-state index contributed by atoms with van der Waals surface area (Å²) in [4.78, 5) is 25.0. The molecular formula is C18H14O3. The van der Waals surface area contributed by atoms with Gasteiger partial charge in [-0.1, -0.05) is 42.5 Å². The van der Waals surface area contributed by atoms with Crippen molar-refractivity contribution in [3.63, 3.8) is 0 Å². The molecule has 0 fully saturated rings. The first-order valence-corrected chi connectivity index (χ1v) is 7.17. The molecule has 1 atom stereocenters. The fourth-order valence-electron chi connectivity index (χ4n) is 3.52. The molecule has 0 radical (unpaired) electrons. The van der Waals surface area contributed by atoms with Crippen LogP contribution in [0.3, 0.4) is 0 Å². The molecule has 2 aromatic carbocycles. The molecule has 1 unspecified atom stereocenters. The first kappa shape index (κ1) is 12.5. The third-order valence-corrected chi connectivity index (χ3v) is 4.51. The number of rotatable bonds is 1. The third-order valence-electron chi connectivity index (χ3n) is 4.51. The lowest BCUT2D eigenvalue weighted by atomic mass is 9.79. The van der Waals surface area contributed by atoms with Gasteiger partial charge in [0.2, 0.25) is 5.78 Å². The van der Waals surface area contributed by atoms with Crippen LogP contribution in [0.1, 0.15) is 35.2 Å². The number of carbonyl (C=O) groups is 2. The number of allylic oxidation sites excluding steroid dienone is 1. The summed E-state index contributed by atoms with van der Waals surface area (Å²) in [5.74, 6) is -0.502. The topological polar surface area (TPSA) is 54.4 Å². The zero-order valence-corrected chi connectivity index (χ0v) is 11.4. The Morgan fingerprint density at radius 2 is 1.81 bits per heavy atom. The van der Waals surface area contributed by atoms with E-state index >= 15 is 0 Å². The van der Waals surface area contributed by atoms with Crippen LogP contribution in [0.4, 0.5) is 0 Å². The summed E-state index contributed by atoms with van der Waals surface area (Å²) >= 11 is 0. The van der Waals surface area contributed by atoms with Crippen LogP contribution in [0.2, 0.25) is 0 Å². The van der Waals surface area contributed by atoms with E-state index in [-0.39, 0.29) is 17.1 Å². The number of hydrogen-bond acceptors (Lipinski definition) is 3. The molecule has 104 valence electrons. The van der Waals surface area contributed by atoms with Crippen molar-refractivity contribution in [3.05, 3.63) is 59.2 Å². The zero-order valence-electron chi connectivity index (χ0n) is 11.4. The first-order chi connectivity index (χ1) is 10.1. The van der Waals surface area contributed by atoms with Crippen LogP contribution in [-0.2, 0) is 10.4 Å². The van der Waals surface area contributed by atoms with Gasteiger partial charge >= 0.3 is 0 Å². The van der Waals surface area contributed by atoms with Crippen LogP contribution in [0.5, 0.6) is 0 Å². The molecule has 0 spiro atoms. The van der Waals surface area contributed by atoms with Crippen molar-refractivity contribution in [1.82, 2.24) is 0 Å². The number of ketones is 2. The van der Waals surface area contributed by atoms with Crippen molar-refractivity contribution in [2.75, 3.05) is 0 Å². The smallest absolute Gasteiger partial charge is 0.204 e. The molecule has 0 heterocycles. The Labute approximate surface area is 121 Å². The van der Waals surface area contributed by atoms with Crippen molar-refractivity contribution >= 4 is 22.3 Å². The van der Waals surface area contributed by atoms with E-state index in [0.29, 0.717) is 17.5 Å². The van der Waals surface area contributed by atoms with Gasteiger partial charge in [0.25, 0.3) is 0 Å². The molecule has 3 nitrogen and oxygen atoms in total. The van der Waals surface area contributed by atoms with Crippen LogP contribution < -0.4 is 0 Å². The average Bonchev–Trinajstić information content (AvgIpc) is 2.73. The number of aliphatic hydroxyl groups is 1. The zero-order chi connectivity index (χ0) is 14.6. The summed E-state index contributed by atoms with van der Waals surface area (Å²) in [6.45, 7) is 0. The SMILES string of the molecule is O=C1CCCC=C1C1(O)C(=O)c2cccc3cccc1c23. The first-order valence-electron chi connectivity index (χ1n) is 7.17. The predicted molar refractivity (Wildman–Crippen MR) is 79.1 cm³/mol. The Hall–Kier alpha value is -2.26. The highest BCUT2D eigenvalue weighted by atomic mass is 16.3. The Bertz CT molecular complexity index is 826. The van der Waals surface area contributed by atoms with Gasteiger partial charge < -0.3 is 5.11 Å². The molecular weight excluding hydrogens is 264 g/mol. The number of carbonyl (C=O) groups excluding carboxylic acids is 2. The molecule has 0 aromatic heterocycles. The van der Waals surface area contributed by atoms with Crippen LogP contribution in [-0.4, -0.2) is 16.7 Å². The van der Waals surface area contributed by atoms with Gasteiger partial charge in [-0.15, -0.1) is 0 Å². The highest BCUT2D eigenvalue weighted by Gasteiger charge is 2.50. The quantitative estimate of drug-likeness (QED) is 0.872. The van der Waals surface area contributed by atoms with E-state index in [1.54, 1.807) is 18.2 Å². The van der Waals surface area contributed by atoms with Gasteiger partial charge in [0.1, 0.15) is 0 Å². The second-order valence-corrected chi connectivity index (χ2v) is 5.68. The minimum atomic E-state index is -1.80. The summed E-state index contributed by atoms with van der Waals surface area (Å²) < 4.78 is 0. The molecule has 3 heteroatoms. The summed E-state index contributed by atoms with van der Waals surface area (Å²) in [5.41, 5.74) is -0.504. The lowest BCUT2D eigenvalue weighted by molar-refractivity contribution is -0.117. The van der Waals surface area contributed by atoms with Gasteiger partial charge in [-0.2, -0.15) is 0 Å². The molecule has 0 amide bonds. The third kappa shape index (κ3) is 1.47. The maximum atomic E-state index is 12.8. The summed E-state index contributed by atoms with van der Waals surface area (Å²) in [7, 11) is 0. The standard InChI is InChI=1S/C18H14O3/c19-15-10-2-1-8-13(15)18(21)14-9-4-6-11-5-3-7-12(16(11)14)17(18)20/h3-9,21H,1-2,10H2. The van der Waals surface area contributed by atoms with Crippen molar-refractivity contribution in [2.45, 2.75) is 24.9 Å². The van der Waals surface area contributed by atoms with Gasteiger partial charge in [0.05, 0.1) is 0 Å². The summed E-state index contributed by atoms with van der Waals surface area (Å²) in [5, 5.41) is 12.8. The Balaban J connectivity index is 2.05. The maximum Gasteiger partial charge on any atom is 0.204 e. The Morgan fingerprint density at radius 1 is 1.05 bits per heavy atom. The van der Waals surface area contributed by atoms with Crippen molar-refractivity contribution in [2.24, 2.45) is 0 Å². The van der Waals surface area contributed by atoms with Gasteiger partial charge in [-0.3, -0.25) is 9.59 Å². The van der Waals surface area contributed by atoms with Crippen LogP contribution in [0, 0.1) is 0 Å². The monoisotopic (exact) mass is 278 g/mol. The maximum absolute atomic E-state index is 12.8. The van der Waals surface area contributed by atoms with E-state index in [0.717, 1.165) is 23.6 Å². The molecule has 21 heavy (non-hydrogen) atoms. The fourth-order valence-corrected chi connectivity index (χ4v) is 3.52. The second-order valence-electron chi connectivity index (χ2n) is 5.68. The van der Waals surface area contributed by atoms with E-state index in [4.69, 9.17) is 0 Å². The van der Waals surface area contributed by atoms with Gasteiger partial charge in [-0.25, -0.2) is 0 Å². The number of benzene rings is 2. The largest absolute Gasteiger partial charge is 0.373 e. The summed E-state index contributed by atoms with van der Waals surface area (Å²) in [6, 6.07) is 10.9. The van der Waals surface area contributed by atoms with Gasteiger partial charge in [0, 0.05) is 23.1 Å². The summed E-state index contributed by atoms with van der Waals surface area (Å²) in [6.07, 6.45) is 3.63. The Kier molecular flexibility index (Phi) is 2.45. The van der Waals surface area contributed by atoms with Crippen molar-refractivity contribution < 1.29 is 14.7 Å². The molecule has 2 aliphatic rings. The molecule has 0 bridgehead atoms. The molecule has 0 aliphatic heterocycles. The van der Waals surface area contributed by atoms with E-state index in [1.165, 1.54) is 0 Å². The molecule has 0 saturated heterocycles. The van der Waals surface area contributed by atoms with Crippen molar-refractivity contribution in [3.8, 4) is 0 Å². The van der Waals surface area contributed by atoms with E-state index in [2.05, 4.69) is 0 Å². The molecule has 4 rings (SSSR count). The molecule has 2 aromatic rings. The van der Waals surface area contributed by atoms with Crippen LogP contribution in [0.15, 0.2) is 48.0 Å². The normalized spacial score (nSPS) is 24.5. The van der Waals surface area contributed by atoms with Crippen LogP contribution in [0.25, 0.3) is 10.8 Å². The van der Waals surface area contributed by atoms with E-state index in [9.17, 15) is 14.7 Å². The molecule has 1 N–H and O–H groups in total. The van der Waals surface area contributed by atoms with E-state index in [1.807, 2.05) is 24.3 Å². The highest BCUT2D eigenvalue weighted by molar-refractivity contribution is 6.24. The number of Topliss-reactive ketones (excluding diaryl/α,β-unsaturated/α-hetero) is 2. The number of hydrogen-bond donors (Lipinski definition) is 1. The van der Waals surface area contributed by atoms with Gasteiger partial charge in [0.15, 0.2) is 11.4 Å². The minimum Gasteiger partial charge on any atom is -0.373 e. The highest BCUT2D eigenvalue weighted by Crippen LogP contribution is 2.46. The average molecular weight is 278 g/mol. The second kappa shape index (κ2) is 4.12. The molecule has 2 aliphatic carbocycles. The predicted octanol–water partition coefficient (Wildman–Crippen LogP) is 2.90. The molecule has 0 saturated carbocycles. The Morgan fingerprint density at radius 3 is 2.57 bits per heavy atom. The lowest BCUT2D eigenvalue weighted by Gasteiger charge is -2.27. The minimum absolute atomic E-state index is 0.123. The fraction of sp³-hybridized carbons (Fsp3) is 0.222. The van der Waals surface area contributed by atoms with Crippen molar-refractivity contribution in [1.29, 1.82) is 0 Å².